The van der Waals surface area contributed by atoms with Crippen molar-refractivity contribution in [3.05, 3.63) is 65.9 Å². The number of rotatable bonds is 6. The number of para-hydroxylation sites is 1. The Morgan fingerprint density at radius 3 is 2.38 bits per heavy atom. The number of carbonyl (C=O) groups excluding carboxylic acids is 2. The highest BCUT2D eigenvalue weighted by Gasteiger charge is 2.16. The lowest BCUT2D eigenvalue weighted by atomic mass is 10.1. The largest absolute Gasteiger partial charge is 0.459 e. The highest BCUT2D eigenvalue weighted by atomic mass is 16.3. The van der Waals surface area contributed by atoms with Crippen molar-refractivity contribution in [3.63, 3.8) is 0 Å². The van der Waals surface area contributed by atoms with Crippen LogP contribution in [0.1, 0.15) is 49.9 Å². The third-order valence-corrected chi connectivity index (χ3v) is 4.34. The quantitative estimate of drug-likeness (QED) is 0.585. The van der Waals surface area contributed by atoms with Gasteiger partial charge in [-0.25, -0.2) is 0 Å². The van der Waals surface area contributed by atoms with Crippen LogP contribution in [-0.4, -0.2) is 23.9 Å². The van der Waals surface area contributed by atoms with Gasteiger partial charge in [-0.15, -0.1) is 0 Å². The van der Waals surface area contributed by atoms with E-state index in [1.165, 1.54) is 0 Å². The Morgan fingerprint density at radius 1 is 1.03 bits per heavy atom. The molecular formula is C23H27N3O3. The number of fused-ring (bicyclic) bond motifs is 1. The molecule has 0 radical (unpaired) electrons. The molecule has 152 valence electrons. The second kappa shape index (κ2) is 8.39. The van der Waals surface area contributed by atoms with Crippen molar-refractivity contribution in [2.24, 2.45) is 0 Å². The van der Waals surface area contributed by atoms with Crippen molar-refractivity contribution < 1.29 is 14.0 Å². The van der Waals surface area contributed by atoms with Crippen LogP contribution in [0.2, 0.25) is 0 Å². The van der Waals surface area contributed by atoms with Crippen molar-refractivity contribution in [2.45, 2.75) is 39.3 Å². The highest BCUT2D eigenvalue weighted by Crippen LogP contribution is 2.23. The van der Waals surface area contributed by atoms with Gasteiger partial charge in [0.25, 0.3) is 5.91 Å². The van der Waals surface area contributed by atoms with Crippen LogP contribution in [0.3, 0.4) is 0 Å². The second-order valence-electron chi connectivity index (χ2n) is 8.11. The summed E-state index contributed by atoms with van der Waals surface area (Å²) in [4.78, 5) is 24.4. The van der Waals surface area contributed by atoms with E-state index in [4.69, 9.17) is 4.42 Å². The molecule has 6 heteroatoms. The maximum absolute atomic E-state index is 12.3. The molecule has 6 nitrogen and oxygen atoms in total. The van der Waals surface area contributed by atoms with Crippen LogP contribution in [0, 0.1) is 0 Å². The molecular weight excluding hydrogens is 366 g/mol. The third kappa shape index (κ3) is 5.60. The van der Waals surface area contributed by atoms with Crippen molar-refractivity contribution in [1.29, 1.82) is 0 Å². The van der Waals surface area contributed by atoms with Gasteiger partial charge in [-0.05, 0) is 64.1 Å². The van der Waals surface area contributed by atoms with Crippen LogP contribution in [0.25, 0.3) is 11.0 Å². The number of amides is 2. The standard InChI is InChI=1S/C23H27N3O3/c1-15(20-13-17-7-5-6-8-19(17)29-20)25-21(27)14-24-18-11-9-16(10-12-18)22(28)26-23(2,3)4/h5-13,15,24H,14H2,1-4H3,(H,25,27)(H,26,28)/t15-/m1/s1. The monoisotopic (exact) mass is 393 g/mol. The molecule has 2 aromatic carbocycles. The number of carbonyl (C=O) groups is 2. The molecule has 0 aliphatic heterocycles. The number of anilines is 1. The van der Waals surface area contributed by atoms with E-state index in [1.54, 1.807) is 24.3 Å². The first kappa shape index (κ1) is 20.5. The fourth-order valence-corrected chi connectivity index (χ4v) is 2.91. The molecule has 2 amide bonds. The van der Waals surface area contributed by atoms with E-state index in [2.05, 4.69) is 16.0 Å². The predicted molar refractivity (Wildman–Crippen MR) is 115 cm³/mol. The molecule has 1 atom stereocenters. The molecule has 1 aromatic heterocycles. The number of hydrogen-bond acceptors (Lipinski definition) is 4. The number of hydrogen-bond donors (Lipinski definition) is 3. The zero-order valence-electron chi connectivity index (χ0n) is 17.2. The Balaban J connectivity index is 1.51. The van der Waals surface area contributed by atoms with Gasteiger partial charge >= 0.3 is 0 Å². The average molecular weight is 393 g/mol. The molecule has 0 bridgehead atoms. The smallest absolute Gasteiger partial charge is 0.251 e. The van der Waals surface area contributed by atoms with Crippen molar-refractivity contribution in [3.8, 4) is 0 Å². The van der Waals surface area contributed by atoms with Gasteiger partial charge in [-0.2, -0.15) is 0 Å². The minimum absolute atomic E-state index is 0.123. The van der Waals surface area contributed by atoms with Gasteiger partial charge in [0.1, 0.15) is 11.3 Å². The Kier molecular flexibility index (Phi) is 5.92. The van der Waals surface area contributed by atoms with E-state index in [0.29, 0.717) is 11.3 Å². The summed E-state index contributed by atoms with van der Waals surface area (Å²) in [5.41, 5.74) is 1.86. The van der Waals surface area contributed by atoms with Crippen LogP contribution >= 0.6 is 0 Å². The molecule has 0 aliphatic rings. The summed E-state index contributed by atoms with van der Waals surface area (Å²) in [6.45, 7) is 7.82. The van der Waals surface area contributed by atoms with Crippen LogP contribution in [0.4, 0.5) is 5.69 Å². The van der Waals surface area contributed by atoms with Crippen LogP contribution in [0.5, 0.6) is 0 Å². The van der Waals surface area contributed by atoms with Gasteiger partial charge < -0.3 is 20.4 Å². The van der Waals surface area contributed by atoms with E-state index in [9.17, 15) is 9.59 Å². The lowest BCUT2D eigenvalue weighted by Gasteiger charge is -2.20. The van der Waals surface area contributed by atoms with Crippen LogP contribution in [0.15, 0.2) is 59.0 Å². The molecule has 29 heavy (non-hydrogen) atoms. The van der Waals surface area contributed by atoms with Gasteiger partial charge in [-0.3, -0.25) is 9.59 Å². The minimum atomic E-state index is -0.289. The normalized spacial score (nSPS) is 12.4. The number of nitrogens with one attached hydrogen (secondary N) is 3. The van der Waals surface area contributed by atoms with E-state index in [1.807, 2.05) is 58.0 Å². The fourth-order valence-electron chi connectivity index (χ4n) is 2.91. The molecule has 3 N–H and O–H groups in total. The molecule has 0 aliphatic carbocycles. The summed E-state index contributed by atoms with van der Waals surface area (Å²) in [6.07, 6.45) is 0. The summed E-state index contributed by atoms with van der Waals surface area (Å²) < 4.78 is 5.79. The van der Waals surface area contributed by atoms with Gasteiger partial charge in [-0.1, -0.05) is 18.2 Å². The maximum atomic E-state index is 12.3. The summed E-state index contributed by atoms with van der Waals surface area (Å²) in [5, 5.41) is 9.92. The molecule has 3 rings (SSSR count). The van der Waals surface area contributed by atoms with E-state index in [0.717, 1.165) is 16.7 Å². The fraction of sp³-hybridized carbons (Fsp3) is 0.304. The Morgan fingerprint density at radius 2 is 1.72 bits per heavy atom. The first-order valence-electron chi connectivity index (χ1n) is 9.65. The molecule has 1 heterocycles. The summed E-state index contributed by atoms with van der Waals surface area (Å²) in [5.74, 6) is 0.447. The first-order valence-corrected chi connectivity index (χ1v) is 9.65. The summed E-state index contributed by atoms with van der Waals surface area (Å²) in [6, 6.07) is 16.5. The van der Waals surface area contributed by atoms with E-state index < -0.39 is 0 Å². The van der Waals surface area contributed by atoms with Crippen molar-refractivity contribution in [1.82, 2.24) is 10.6 Å². The van der Waals surface area contributed by atoms with Gasteiger partial charge in [0.2, 0.25) is 5.91 Å². The van der Waals surface area contributed by atoms with Crippen molar-refractivity contribution in [2.75, 3.05) is 11.9 Å². The summed E-state index contributed by atoms with van der Waals surface area (Å²) >= 11 is 0. The molecule has 0 unspecified atom stereocenters. The van der Waals surface area contributed by atoms with Crippen molar-refractivity contribution >= 4 is 28.5 Å². The lowest BCUT2D eigenvalue weighted by molar-refractivity contribution is -0.120. The van der Waals surface area contributed by atoms with Gasteiger partial charge in [0.15, 0.2) is 0 Å². The average Bonchev–Trinajstić information content (AvgIpc) is 3.10. The lowest BCUT2D eigenvalue weighted by Crippen LogP contribution is -2.40. The zero-order valence-corrected chi connectivity index (χ0v) is 17.2. The highest BCUT2D eigenvalue weighted by molar-refractivity contribution is 5.95. The second-order valence-corrected chi connectivity index (χ2v) is 8.11. The van der Waals surface area contributed by atoms with Gasteiger partial charge in [0, 0.05) is 22.2 Å². The minimum Gasteiger partial charge on any atom is -0.459 e. The number of furan rings is 1. The molecule has 0 saturated heterocycles. The first-order chi connectivity index (χ1) is 13.7. The third-order valence-electron chi connectivity index (χ3n) is 4.34. The molecule has 3 aromatic rings. The Bertz CT molecular complexity index is 967. The van der Waals surface area contributed by atoms with E-state index in [-0.39, 0.29) is 29.9 Å². The Hall–Kier alpha value is -3.28. The van der Waals surface area contributed by atoms with Crippen LogP contribution < -0.4 is 16.0 Å². The topological polar surface area (TPSA) is 83.4 Å². The zero-order chi connectivity index (χ0) is 21.0. The Labute approximate surface area is 170 Å². The predicted octanol–water partition coefficient (Wildman–Crippen LogP) is 4.25. The molecule has 0 spiro atoms. The SMILES string of the molecule is C[C@@H](NC(=O)CNc1ccc(C(=O)NC(C)(C)C)cc1)c1cc2ccccc2o1. The summed E-state index contributed by atoms with van der Waals surface area (Å²) in [7, 11) is 0. The number of benzene rings is 2. The molecule has 0 saturated carbocycles. The van der Waals surface area contributed by atoms with Gasteiger partial charge in [0.05, 0.1) is 12.6 Å². The van der Waals surface area contributed by atoms with Crippen LogP contribution in [-0.2, 0) is 4.79 Å². The maximum Gasteiger partial charge on any atom is 0.251 e. The molecule has 0 fully saturated rings. The van der Waals surface area contributed by atoms with E-state index >= 15 is 0 Å².